The van der Waals surface area contributed by atoms with Crippen LogP contribution in [0.15, 0.2) is 54.7 Å². The highest BCUT2D eigenvalue weighted by atomic mass is 16.5. The molecule has 6 nitrogen and oxygen atoms in total. The van der Waals surface area contributed by atoms with Gasteiger partial charge in [-0.15, -0.1) is 5.10 Å². The summed E-state index contributed by atoms with van der Waals surface area (Å²) in [5.41, 5.74) is 3.11. The van der Waals surface area contributed by atoms with Gasteiger partial charge in [-0.3, -0.25) is 0 Å². The number of ether oxygens (including phenoxy) is 1. The molecule has 6 heteroatoms. The van der Waals surface area contributed by atoms with E-state index in [4.69, 9.17) is 4.74 Å². The number of nitrogens with zero attached hydrogens (tertiary/aromatic N) is 3. The lowest BCUT2D eigenvalue weighted by Gasteiger charge is -2.23. The van der Waals surface area contributed by atoms with Crippen molar-refractivity contribution in [1.82, 2.24) is 15.2 Å². The summed E-state index contributed by atoms with van der Waals surface area (Å²) in [7, 11) is 0. The largest absolute Gasteiger partial charge is 0.494 e. The van der Waals surface area contributed by atoms with Gasteiger partial charge < -0.3 is 15.4 Å². The van der Waals surface area contributed by atoms with Gasteiger partial charge in [-0.1, -0.05) is 39.0 Å². The van der Waals surface area contributed by atoms with E-state index in [0.717, 1.165) is 17.1 Å². The smallest absolute Gasteiger partial charge is 0.249 e. The number of aromatic nitrogens is 3. The maximum absolute atomic E-state index is 5.45. The number of nitrogens with one attached hydrogen (secondary N) is 2. The predicted octanol–water partition coefficient (Wildman–Crippen LogP) is 5.06. The Morgan fingerprint density at radius 2 is 1.70 bits per heavy atom. The van der Waals surface area contributed by atoms with Gasteiger partial charge in [0.15, 0.2) is 5.82 Å². The molecule has 0 saturated heterocycles. The summed E-state index contributed by atoms with van der Waals surface area (Å²) >= 11 is 0. The second-order valence-corrected chi connectivity index (χ2v) is 7.17. The van der Waals surface area contributed by atoms with E-state index < -0.39 is 0 Å². The molecule has 3 aromatic rings. The molecule has 1 aromatic heterocycles. The summed E-state index contributed by atoms with van der Waals surface area (Å²) in [4.78, 5) is 4.52. The average Bonchev–Trinajstić information content (AvgIpc) is 2.63. The molecule has 0 atom stereocenters. The highest BCUT2D eigenvalue weighted by Crippen LogP contribution is 2.30. The van der Waals surface area contributed by atoms with Crippen LogP contribution in [0.2, 0.25) is 0 Å². The van der Waals surface area contributed by atoms with Crippen molar-refractivity contribution in [3.8, 4) is 5.75 Å². The van der Waals surface area contributed by atoms with Gasteiger partial charge in [-0.05, 0) is 48.2 Å². The van der Waals surface area contributed by atoms with Crippen molar-refractivity contribution >= 4 is 23.1 Å². The summed E-state index contributed by atoms with van der Waals surface area (Å²) in [6.45, 7) is 9.16. The van der Waals surface area contributed by atoms with Crippen LogP contribution in [0.1, 0.15) is 33.3 Å². The van der Waals surface area contributed by atoms with Crippen molar-refractivity contribution in [2.24, 2.45) is 0 Å². The first kappa shape index (κ1) is 18.6. The molecule has 0 unspecified atom stereocenters. The van der Waals surface area contributed by atoms with E-state index in [0.29, 0.717) is 18.4 Å². The topological polar surface area (TPSA) is 72.0 Å². The summed E-state index contributed by atoms with van der Waals surface area (Å²) in [5.74, 6) is 1.89. The summed E-state index contributed by atoms with van der Waals surface area (Å²) in [6, 6.07) is 15.9. The zero-order valence-corrected chi connectivity index (χ0v) is 16.2. The highest BCUT2D eigenvalue weighted by Gasteiger charge is 2.17. The first-order valence-electron chi connectivity index (χ1n) is 9.02. The Morgan fingerprint density at radius 1 is 0.963 bits per heavy atom. The van der Waals surface area contributed by atoms with Gasteiger partial charge in [-0.2, -0.15) is 10.1 Å². The maximum atomic E-state index is 5.45. The van der Waals surface area contributed by atoms with E-state index in [2.05, 4.69) is 52.7 Å². The quantitative estimate of drug-likeness (QED) is 0.638. The van der Waals surface area contributed by atoms with Crippen molar-refractivity contribution in [1.29, 1.82) is 0 Å². The van der Waals surface area contributed by atoms with Crippen LogP contribution in [0.5, 0.6) is 5.75 Å². The first-order valence-corrected chi connectivity index (χ1v) is 9.02. The molecule has 0 fully saturated rings. The van der Waals surface area contributed by atoms with Gasteiger partial charge in [0.2, 0.25) is 5.95 Å². The molecular formula is C21H25N5O. The van der Waals surface area contributed by atoms with Crippen LogP contribution in [0.4, 0.5) is 23.1 Å². The average molecular weight is 363 g/mol. The lowest BCUT2D eigenvalue weighted by molar-refractivity contribution is 0.340. The number of hydrogen-bond acceptors (Lipinski definition) is 6. The van der Waals surface area contributed by atoms with Gasteiger partial charge in [0.1, 0.15) is 5.75 Å². The second kappa shape index (κ2) is 8.03. The lowest BCUT2D eigenvalue weighted by atomic mass is 9.86. The molecule has 0 radical (unpaired) electrons. The molecule has 0 aliphatic heterocycles. The zero-order chi connectivity index (χ0) is 19.3. The number of benzene rings is 2. The van der Waals surface area contributed by atoms with Crippen LogP contribution in [0, 0.1) is 0 Å². The monoisotopic (exact) mass is 363 g/mol. The molecule has 0 bridgehead atoms. The molecule has 0 amide bonds. The molecule has 0 aliphatic carbocycles. The SMILES string of the molecule is CCOc1ccc(Nc2nncc(Nc3ccccc3C(C)(C)C)n2)cc1. The van der Waals surface area contributed by atoms with E-state index in [-0.39, 0.29) is 5.41 Å². The highest BCUT2D eigenvalue weighted by molar-refractivity contribution is 5.63. The Morgan fingerprint density at radius 3 is 2.41 bits per heavy atom. The normalized spacial score (nSPS) is 11.1. The van der Waals surface area contributed by atoms with E-state index in [1.165, 1.54) is 5.56 Å². The summed E-state index contributed by atoms with van der Waals surface area (Å²) in [6.07, 6.45) is 1.61. The zero-order valence-electron chi connectivity index (χ0n) is 16.2. The third kappa shape index (κ3) is 4.94. The first-order chi connectivity index (χ1) is 13.0. The van der Waals surface area contributed by atoms with Crippen molar-refractivity contribution in [3.63, 3.8) is 0 Å². The number of para-hydroxylation sites is 1. The van der Waals surface area contributed by atoms with Crippen LogP contribution < -0.4 is 15.4 Å². The van der Waals surface area contributed by atoms with Crippen molar-refractivity contribution in [2.75, 3.05) is 17.2 Å². The van der Waals surface area contributed by atoms with Gasteiger partial charge in [0.25, 0.3) is 0 Å². The Labute approximate surface area is 160 Å². The molecule has 2 aromatic carbocycles. The number of rotatable bonds is 6. The van der Waals surface area contributed by atoms with E-state index in [9.17, 15) is 0 Å². The van der Waals surface area contributed by atoms with Crippen molar-refractivity contribution in [3.05, 3.63) is 60.3 Å². The molecule has 3 rings (SSSR count). The third-order valence-electron chi connectivity index (χ3n) is 3.98. The van der Waals surface area contributed by atoms with E-state index in [1.54, 1.807) is 6.20 Å². The van der Waals surface area contributed by atoms with Crippen LogP contribution in [-0.4, -0.2) is 21.8 Å². The summed E-state index contributed by atoms with van der Waals surface area (Å²) in [5, 5.41) is 14.6. The molecule has 27 heavy (non-hydrogen) atoms. The third-order valence-corrected chi connectivity index (χ3v) is 3.98. The molecular weight excluding hydrogens is 338 g/mol. The molecule has 140 valence electrons. The minimum Gasteiger partial charge on any atom is -0.494 e. The fourth-order valence-electron chi connectivity index (χ4n) is 2.73. The maximum Gasteiger partial charge on any atom is 0.249 e. The lowest BCUT2D eigenvalue weighted by Crippen LogP contribution is -2.14. The van der Waals surface area contributed by atoms with Gasteiger partial charge in [-0.25, -0.2) is 0 Å². The van der Waals surface area contributed by atoms with Crippen molar-refractivity contribution in [2.45, 2.75) is 33.1 Å². The predicted molar refractivity (Wildman–Crippen MR) is 109 cm³/mol. The standard InChI is InChI=1S/C21H25N5O/c1-5-27-16-12-10-15(11-13-16)23-20-25-19(14-22-26-20)24-18-9-7-6-8-17(18)21(2,3)4/h6-14H,5H2,1-4H3,(H2,23,24,25,26). The summed E-state index contributed by atoms with van der Waals surface area (Å²) < 4.78 is 5.45. The second-order valence-electron chi connectivity index (χ2n) is 7.17. The molecule has 0 saturated carbocycles. The van der Waals surface area contributed by atoms with E-state index >= 15 is 0 Å². The Balaban J connectivity index is 1.77. The minimum atomic E-state index is 0.0213. The molecule has 2 N–H and O–H groups in total. The molecule has 1 heterocycles. The van der Waals surface area contributed by atoms with E-state index in [1.807, 2.05) is 49.4 Å². The van der Waals surface area contributed by atoms with Crippen LogP contribution in [-0.2, 0) is 5.41 Å². The fraction of sp³-hybridized carbons (Fsp3) is 0.286. The minimum absolute atomic E-state index is 0.0213. The Hall–Kier alpha value is -3.15. The van der Waals surface area contributed by atoms with Crippen LogP contribution in [0.25, 0.3) is 0 Å². The van der Waals surface area contributed by atoms with Gasteiger partial charge in [0.05, 0.1) is 12.8 Å². The van der Waals surface area contributed by atoms with Crippen LogP contribution >= 0.6 is 0 Å². The van der Waals surface area contributed by atoms with Crippen molar-refractivity contribution < 1.29 is 4.74 Å². The van der Waals surface area contributed by atoms with Gasteiger partial charge in [0, 0.05) is 11.4 Å². The van der Waals surface area contributed by atoms with Gasteiger partial charge >= 0.3 is 0 Å². The fourth-order valence-corrected chi connectivity index (χ4v) is 2.73. The molecule has 0 aliphatic rings. The molecule has 0 spiro atoms. The number of anilines is 4. The van der Waals surface area contributed by atoms with Crippen LogP contribution in [0.3, 0.4) is 0 Å². The number of hydrogen-bond donors (Lipinski definition) is 2. The Kier molecular flexibility index (Phi) is 5.54. The Bertz CT molecular complexity index is 888.